The van der Waals surface area contributed by atoms with Gasteiger partial charge in [0.2, 0.25) is 11.8 Å². The second-order valence-corrected chi connectivity index (χ2v) is 7.07. The van der Waals surface area contributed by atoms with Gasteiger partial charge >= 0.3 is 5.97 Å². The second kappa shape index (κ2) is 16.7. The van der Waals surface area contributed by atoms with Crippen LogP contribution < -0.4 is 10.6 Å². The number of carbonyl (C=O) groups is 3. The number of carbonyl (C=O) groups excluding carboxylic acids is 3. The third-order valence-corrected chi connectivity index (χ3v) is 4.52. The maximum absolute atomic E-state index is 12.7. The fraction of sp³-hybridized carbons (Fsp3) is 0.458. The summed E-state index contributed by atoms with van der Waals surface area (Å²) in [5.74, 6) is -1.58. The van der Waals surface area contributed by atoms with Crippen molar-refractivity contribution in [3.8, 4) is 0 Å². The zero-order valence-corrected chi connectivity index (χ0v) is 18.5. The molecule has 3 N–H and O–H groups in total. The zero-order valence-electron chi connectivity index (χ0n) is 18.5. The summed E-state index contributed by atoms with van der Waals surface area (Å²) in [5, 5.41) is 14.1. The van der Waals surface area contributed by atoms with Crippen LogP contribution in [0.1, 0.15) is 37.4 Å². The van der Waals surface area contributed by atoms with E-state index in [0.29, 0.717) is 12.8 Å². The highest BCUT2D eigenvalue weighted by Crippen LogP contribution is 2.18. The molecule has 0 unspecified atom stereocenters. The van der Waals surface area contributed by atoms with Crippen LogP contribution in [0, 0.1) is 5.92 Å². The maximum Gasteiger partial charge on any atom is 0.306 e. The molecule has 0 heterocycles. The zero-order chi connectivity index (χ0) is 23.6. The summed E-state index contributed by atoms with van der Waals surface area (Å²) in [6.45, 7) is 8.05. The smallest absolute Gasteiger partial charge is 0.306 e. The van der Waals surface area contributed by atoms with Gasteiger partial charge in [-0.3, -0.25) is 14.4 Å². The van der Waals surface area contributed by atoms with Crippen LogP contribution in [0.3, 0.4) is 0 Å². The van der Waals surface area contributed by atoms with Gasteiger partial charge in [0.05, 0.1) is 32.3 Å². The van der Waals surface area contributed by atoms with E-state index in [1.807, 2.05) is 30.3 Å². The van der Waals surface area contributed by atoms with Crippen molar-refractivity contribution in [3.05, 3.63) is 61.2 Å². The molecule has 8 nitrogen and oxygen atoms in total. The van der Waals surface area contributed by atoms with Gasteiger partial charge in [-0.2, -0.15) is 0 Å². The lowest BCUT2D eigenvalue weighted by Gasteiger charge is -2.21. The Balaban J connectivity index is 2.65. The number of ether oxygens (including phenoxy) is 2. The molecule has 0 bridgehead atoms. The van der Waals surface area contributed by atoms with Crippen molar-refractivity contribution in [3.63, 3.8) is 0 Å². The summed E-state index contributed by atoms with van der Waals surface area (Å²) < 4.78 is 10.7. The van der Waals surface area contributed by atoms with Crippen molar-refractivity contribution in [2.75, 3.05) is 32.9 Å². The third-order valence-electron chi connectivity index (χ3n) is 4.52. The Morgan fingerprint density at radius 1 is 1.06 bits per heavy atom. The average molecular weight is 447 g/mol. The molecule has 0 radical (unpaired) electrons. The molecule has 8 heteroatoms. The van der Waals surface area contributed by atoms with Gasteiger partial charge in [-0.1, -0.05) is 42.5 Å². The number of aliphatic hydroxyl groups is 1. The number of allylic oxidation sites excluding steroid dienone is 2. The van der Waals surface area contributed by atoms with Crippen molar-refractivity contribution in [1.29, 1.82) is 0 Å². The van der Waals surface area contributed by atoms with Crippen LogP contribution in [0.4, 0.5) is 0 Å². The van der Waals surface area contributed by atoms with E-state index in [2.05, 4.69) is 23.8 Å². The van der Waals surface area contributed by atoms with E-state index in [-0.39, 0.29) is 63.5 Å². The highest BCUT2D eigenvalue weighted by atomic mass is 16.5. The number of rotatable bonds is 17. The number of amides is 2. The molecule has 0 aromatic heterocycles. The summed E-state index contributed by atoms with van der Waals surface area (Å²) in [4.78, 5) is 37.0. The summed E-state index contributed by atoms with van der Waals surface area (Å²) in [7, 11) is 0. The normalized spacial score (nSPS) is 12.3. The molecule has 0 aliphatic rings. The van der Waals surface area contributed by atoms with Gasteiger partial charge in [-0.15, -0.1) is 13.2 Å². The first-order valence-electron chi connectivity index (χ1n) is 10.7. The van der Waals surface area contributed by atoms with Crippen LogP contribution in [-0.4, -0.2) is 55.8 Å². The molecule has 1 rings (SSSR count). The number of benzene rings is 1. The molecule has 32 heavy (non-hydrogen) atoms. The molecule has 176 valence electrons. The molecule has 0 spiro atoms. The SMILES string of the molecule is C=CCCC(=O)O[C@@H](CNC(=O)[C@@H](CC=C)CC(=O)NCCOCCO)c1ccccc1. The van der Waals surface area contributed by atoms with E-state index in [4.69, 9.17) is 14.6 Å². The molecule has 0 fully saturated rings. The minimum absolute atomic E-state index is 0.00696. The molecule has 0 saturated carbocycles. The molecular formula is C24H34N2O6. The molecule has 1 aromatic carbocycles. The van der Waals surface area contributed by atoms with E-state index in [1.165, 1.54) is 0 Å². The van der Waals surface area contributed by atoms with Crippen LogP contribution in [0.25, 0.3) is 0 Å². The van der Waals surface area contributed by atoms with E-state index >= 15 is 0 Å². The van der Waals surface area contributed by atoms with Crippen molar-refractivity contribution in [1.82, 2.24) is 10.6 Å². The van der Waals surface area contributed by atoms with Gasteiger partial charge in [0.15, 0.2) is 0 Å². The predicted octanol–water partition coefficient (Wildman–Crippen LogP) is 2.06. The number of esters is 1. The third kappa shape index (κ3) is 11.4. The lowest BCUT2D eigenvalue weighted by molar-refractivity contribution is -0.150. The van der Waals surface area contributed by atoms with Gasteiger partial charge in [0.1, 0.15) is 6.10 Å². The monoisotopic (exact) mass is 446 g/mol. The lowest BCUT2D eigenvalue weighted by Crippen LogP contribution is -2.38. The van der Waals surface area contributed by atoms with Crippen LogP contribution in [0.5, 0.6) is 0 Å². The van der Waals surface area contributed by atoms with Crippen molar-refractivity contribution >= 4 is 17.8 Å². The number of hydrogen-bond acceptors (Lipinski definition) is 6. The van der Waals surface area contributed by atoms with Gasteiger partial charge in [0.25, 0.3) is 0 Å². The molecule has 2 atom stereocenters. The first-order chi connectivity index (χ1) is 15.5. The van der Waals surface area contributed by atoms with Crippen molar-refractivity contribution < 1.29 is 29.0 Å². The molecule has 0 aliphatic heterocycles. The molecule has 0 saturated heterocycles. The quantitative estimate of drug-likeness (QED) is 0.192. The highest BCUT2D eigenvalue weighted by molar-refractivity contribution is 5.86. The highest BCUT2D eigenvalue weighted by Gasteiger charge is 2.23. The Labute approximate surface area is 189 Å². The molecule has 0 aliphatic carbocycles. The largest absolute Gasteiger partial charge is 0.456 e. The Morgan fingerprint density at radius 3 is 2.47 bits per heavy atom. The number of aliphatic hydroxyl groups excluding tert-OH is 1. The van der Waals surface area contributed by atoms with Crippen LogP contribution in [0.2, 0.25) is 0 Å². The van der Waals surface area contributed by atoms with Gasteiger partial charge in [-0.05, 0) is 18.4 Å². The number of hydrogen-bond donors (Lipinski definition) is 3. The summed E-state index contributed by atoms with van der Waals surface area (Å²) >= 11 is 0. The molecule has 1 aromatic rings. The minimum Gasteiger partial charge on any atom is -0.456 e. The Morgan fingerprint density at radius 2 is 1.81 bits per heavy atom. The van der Waals surface area contributed by atoms with E-state index < -0.39 is 12.0 Å². The Hall–Kier alpha value is -2.97. The lowest BCUT2D eigenvalue weighted by atomic mass is 9.99. The van der Waals surface area contributed by atoms with E-state index in [1.54, 1.807) is 12.2 Å². The standard InChI is InChI=1S/C24H34N2O6/c1-3-5-12-23(29)32-21(19-10-7-6-8-11-19)18-26-24(30)20(9-4-2)17-22(28)25-13-15-31-16-14-27/h3-4,6-8,10-11,20-21,27H,1-2,5,9,12-18H2,(H,25,28)(H,26,30)/t20-,21-/m0/s1. The Kier molecular flexibility index (Phi) is 14.1. The topological polar surface area (TPSA) is 114 Å². The van der Waals surface area contributed by atoms with Crippen LogP contribution in [-0.2, 0) is 23.9 Å². The fourth-order valence-electron chi connectivity index (χ4n) is 2.88. The van der Waals surface area contributed by atoms with E-state index in [0.717, 1.165) is 5.56 Å². The summed E-state index contributed by atoms with van der Waals surface area (Å²) in [6, 6.07) is 9.16. The molecule has 2 amide bonds. The first-order valence-corrected chi connectivity index (χ1v) is 10.7. The first kappa shape index (κ1) is 27.1. The Bertz CT molecular complexity index is 722. The van der Waals surface area contributed by atoms with Gasteiger partial charge in [0, 0.05) is 19.4 Å². The summed E-state index contributed by atoms with van der Waals surface area (Å²) in [5.41, 5.74) is 0.764. The second-order valence-electron chi connectivity index (χ2n) is 7.07. The summed E-state index contributed by atoms with van der Waals surface area (Å²) in [6.07, 6.45) is 3.63. The van der Waals surface area contributed by atoms with Gasteiger partial charge < -0.3 is 25.2 Å². The average Bonchev–Trinajstić information content (AvgIpc) is 2.80. The van der Waals surface area contributed by atoms with Gasteiger partial charge in [-0.25, -0.2) is 0 Å². The predicted molar refractivity (Wildman–Crippen MR) is 122 cm³/mol. The van der Waals surface area contributed by atoms with Crippen LogP contribution >= 0.6 is 0 Å². The number of nitrogens with one attached hydrogen (secondary N) is 2. The van der Waals surface area contributed by atoms with Crippen LogP contribution in [0.15, 0.2) is 55.6 Å². The van der Waals surface area contributed by atoms with Crippen molar-refractivity contribution in [2.24, 2.45) is 5.92 Å². The van der Waals surface area contributed by atoms with Crippen molar-refractivity contribution in [2.45, 2.75) is 31.8 Å². The maximum atomic E-state index is 12.7. The van der Waals surface area contributed by atoms with E-state index in [9.17, 15) is 14.4 Å². The molecular weight excluding hydrogens is 412 g/mol. The minimum atomic E-state index is -0.639. The fourth-order valence-corrected chi connectivity index (χ4v) is 2.88.